The summed E-state index contributed by atoms with van der Waals surface area (Å²) in [5.74, 6) is 0.871. The summed E-state index contributed by atoms with van der Waals surface area (Å²) in [7, 11) is 4.65. The van der Waals surface area contributed by atoms with Gasteiger partial charge in [-0.15, -0.1) is 0 Å². The van der Waals surface area contributed by atoms with Gasteiger partial charge in [-0.1, -0.05) is 36.4 Å². The van der Waals surface area contributed by atoms with Gasteiger partial charge in [0.1, 0.15) is 30.8 Å². The van der Waals surface area contributed by atoms with Crippen LogP contribution in [-0.2, 0) is 19.1 Å². The maximum Gasteiger partial charge on any atom is 0.331 e. The second-order valence-electron chi connectivity index (χ2n) is 10.9. The molecule has 0 unspecified atom stereocenters. The summed E-state index contributed by atoms with van der Waals surface area (Å²) in [6.07, 6.45) is 8.80. The van der Waals surface area contributed by atoms with E-state index >= 15 is 0 Å². The number of hydrogen-bond acceptors (Lipinski definition) is 10. The molecule has 2 N–H and O–H groups in total. The summed E-state index contributed by atoms with van der Waals surface area (Å²) in [6.45, 7) is 0.0173. The molecule has 0 aliphatic carbocycles. The van der Waals surface area contributed by atoms with Crippen molar-refractivity contribution < 1.29 is 48.2 Å². The van der Waals surface area contributed by atoms with Gasteiger partial charge in [0.25, 0.3) is 0 Å². The lowest BCUT2D eigenvalue weighted by molar-refractivity contribution is -0.139. The Morgan fingerprint density at radius 1 is 0.673 bits per heavy atom. The van der Waals surface area contributed by atoms with Crippen molar-refractivity contribution in [3.63, 3.8) is 0 Å². The Labute approximate surface area is 284 Å². The smallest absolute Gasteiger partial charge is 0.331 e. The molecule has 10 heteroatoms. The van der Waals surface area contributed by atoms with Gasteiger partial charge in [-0.3, -0.25) is 0 Å². The summed E-state index contributed by atoms with van der Waals surface area (Å²) in [6, 6.07) is 22.1. The third-order valence-electron chi connectivity index (χ3n) is 7.72. The summed E-state index contributed by atoms with van der Waals surface area (Å²) in [4.78, 5) is 25.0. The van der Waals surface area contributed by atoms with Gasteiger partial charge in [-0.25, -0.2) is 9.59 Å². The van der Waals surface area contributed by atoms with Crippen molar-refractivity contribution >= 4 is 30.2 Å². The average Bonchev–Trinajstić information content (AvgIpc) is 3.49. The van der Waals surface area contributed by atoms with E-state index in [4.69, 9.17) is 28.4 Å². The number of hydrogen-bond donors (Lipinski definition) is 2. The number of carbonyl (C=O) groups excluding carboxylic acids is 2. The molecule has 0 spiro atoms. The molecule has 0 radical (unpaired) electrons. The Morgan fingerprint density at radius 2 is 1.27 bits per heavy atom. The Hall–Kier alpha value is -6.16. The van der Waals surface area contributed by atoms with Crippen LogP contribution in [0.5, 0.6) is 34.5 Å². The molecule has 1 aliphatic heterocycles. The molecule has 0 saturated heterocycles. The van der Waals surface area contributed by atoms with Crippen LogP contribution in [-0.4, -0.2) is 56.7 Å². The zero-order valence-electron chi connectivity index (χ0n) is 27.2. The first-order valence-electron chi connectivity index (χ1n) is 15.3. The third-order valence-corrected chi connectivity index (χ3v) is 7.72. The molecule has 0 fully saturated rings. The molecule has 0 bridgehead atoms. The van der Waals surface area contributed by atoms with Gasteiger partial charge in [0.2, 0.25) is 0 Å². The van der Waals surface area contributed by atoms with E-state index in [0.717, 1.165) is 27.8 Å². The van der Waals surface area contributed by atoms with Crippen molar-refractivity contribution in [2.24, 2.45) is 0 Å². The molecule has 49 heavy (non-hydrogen) atoms. The zero-order chi connectivity index (χ0) is 34.8. The summed E-state index contributed by atoms with van der Waals surface area (Å²) < 4.78 is 34.2. The molecule has 1 heterocycles. The highest BCUT2D eigenvalue weighted by Crippen LogP contribution is 2.52. The molecular formula is C39H36O10. The number of benzene rings is 4. The van der Waals surface area contributed by atoms with Crippen LogP contribution in [0, 0.1) is 0 Å². The van der Waals surface area contributed by atoms with Gasteiger partial charge in [0.05, 0.1) is 27.2 Å². The molecule has 0 amide bonds. The van der Waals surface area contributed by atoms with E-state index in [2.05, 4.69) is 0 Å². The highest BCUT2D eigenvalue weighted by Gasteiger charge is 2.39. The Balaban J connectivity index is 1.35. The normalized spacial score (nSPS) is 15.2. The Morgan fingerprint density at radius 3 is 1.86 bits per heavy atom. The van der Waals surface area contributed by atoms with E-state index < -0.39 is 24.0 Å². The van der Waals surface area contributed by atoms with E-state index in [-0.39, 0.29) is 24.7 Å². The van der Waals surface area contributed by atoms with E-state index in [1.165, 1.54) is 36.4 Å². The van der Waals surface area contributed by atoms with Gasteiger partial charge in [0, 0.05) is 17.7 Å². The first-order valence-corrected chi connectivity index (χ1v) is 15.3. The number of methoxy groups -OCH3 is 3. The van der Waals surface area contributed by atoms with E-state index in [1.54, 1.807) is 76.0 Å². The highest BCUT2D eigenvalue weighted by atomic mass is 16.5. The maximum atomic E-state index is 12.8. The molecular weight excluding hydrogens is 628 g/mol. The minimum atomic E-state index is -0.557. The average molecular weight is 665 g/mol. The quantitative estimate of drug-likeness (QED) is 0.115. The van der Waals surface area contributed by atoms with Crippen molar-refractivity contribution in [2.45, 2.75) is 12.0 Å². The number of ether oxygens (including phenoxy) is 6. The molecule has 252 valence electrons. The number of phenolic OH excluding ortho intramolecular Hbond substituents is 2. The molecule has 10 nitrogen and oxygen atoms in total. The van der Waals surface area contributed by atoms with Gasteiger partial charge in [0.15, 0.2) is 23.0 Å². The van der Waals surface area contributed by atoms with Crippen LogP contribution in [0.15, 0.2) is 97.1 Å². The van der Waals surface area contributed by atoms with Crippen LogP contribution in [0.1, 0.15) is 39.8 Å². The topological polar surface area (TPSA) is 130 Å². The van der Waals surface area contributed by atoms with Crippen molar-refractivity contribution in [1.29, 1.82) is 0 Å². The first-order chi connectivity index (χ1) is 23.8. The molecule has 5 rings (SSSR count). The molecule has 4 aromatic carbocycles. The summed E-state index contributed by atoms with van der Waals surface area (Å²) in [5, 5.41) is 18.9. The molecule has 4 aromatic rings. The van der Waals surface area contributed by atoms with Gasteiger partial charge >= 0.3 is 11.9 Å². The van der Waals surface area contributed by atoms with Crippen LogP contribution in [0.2, 0.25) is 0 Å². The lowest BCUT2D eigenvalue weighted by Crippen LogP contribution is -2.17. The predicted octanol–water partition coefficient (Wildman–Crippen LogP) is 6.87. The number of esters is 2. The van der Waals surface area contributed by atoms with E-state index in [9.17, 15) is 19.8 Å². The first kappa shape index (κ1) is 34.2. The van der Waals surface area contributed by atoms with Crippen molar-refractivity contribution in [3.8, 4) is 34.5 Å². The van der Waals surface area contributed by atoms with Gasteiger partial charge < -0.3 is 38.6 Å². The fourth-order valence-corrected chi connectivity index (χ4v) is 5.26. The lowest BCUT2D eigenvalue weighted by Gasteiger charge is -2.20. The summed E-state index contributed by atoms with van der Waals surface area (Å²) in [5.41, 5.74) is 3.78. The van der Waals surface area contributed by atoms with Crippen LogP contribution in [0.3, 0.4) is 0 Å². The van der Waals surface area contributed by atoms with Crippen molar-refractivity contribution in [1.82, 2.24) is 0 Å². The lowest BCUT2D eigenvalue weighted by atomic mass is 9.90. The van der Waals surface area contributed by atoms with E-state index in [1.807, 2.05) is 24.3 Å². The van der Waals surface area contributed by atoms with Gasteiger partial charge in [-0.05, 0) is 89.0 Å². The number of phenols is 2. The fourth-order valence-electron chi connectivity index (χ4n) is 5.26. The Kier molecular flexibility index (Phi) is 11.2. The minimum Gasteiger partial charge on any atom is -0.508 e. The monoisotopic (exact) mass is 664 g/mol. The van der Waals surface area contributed by atoms with Crippen LogP contribution in [0.25, 0.3) is 18.2 Å². The Bertz CT molecular complexity index is 1860. The minimum absolute atomic E-state index is 0.00787. The molecule has 0 saturated carbocycles. The van der Waals surface area contributed by atoms with Crippen molar-refractivity contribution in [2.75, 3.05) is 34.5 Å². The van der Waals surface area contributed by atoms with Gasteiger partial charge in [-0.2, -0.15) is 0 Å². The highest BCUT2D eigenvalue weighted by molar-refractivity contribution is 5.87. The number of fused-ring (bicyclic) bond motifs is 1. The third kappa shape index (κ3) is 8.81. The second kappa shape index (κ2) is 16.1. The predicted molar refractivity (Wildman–Crippen MR) is 184 cm³/mol. The maximum absolute atomic E-state index is 12.8. The second-order valence-corrected chi connectivity index (χ2v) is 10.9. The standard InChI is InChI=1S/C39H36O10/c1-44-33-17-12-28(23-34(33)45-2)38-32(24-48-37(43)19-11-26-8-15-30(41)16-9-26)31-21-27(22-35(46-3)39(31)49-38)5-4-20-47-36(42)18-10-25-6-13-29(40)14-7-25/h4-19,21-23,32,38,40-41H,20,24H2,1-3H3/b5-4+,18-10+,19-11+/t32-,38+/m1/s1. The zero-order valence-corrected chi connectivity index (χ0v) is 27.2. The van der Waals surface area contributed by atoms with Crippen LogP contribution < -0.4 is 18.9 Å². The fraction of sp³-hybridized carbons (Fsp3) is 0.179. The molecule has 1 aliphatic rings. The van der Waals surface area contributed by atoms with Crippen molar-refractivity contribution in [3.05, 3.63) is 125 Å². The number of carbonyl (C=O) groups is 2. The molecule has 0 aromatic heterocycles. The summed E-state index contributed by atoms with van der Waals surface area (Å²) >= 11 is 0. The largest absolute Gasteiger partial charge is 0.508 e. The molecule has 2 atom stereocenters. The number of aromatic hydroxyl groups is 2. The SMILES string of the molecule is COc1ccc([C@@H]2Oc3c(OC)cc(/C=C/COC(=O)/C=C/c4ccc(O)cc4)cc3[C@H]2COC(=O)/C=C/c2ccc(O)cc2)cc1OC. The van der Waals surface area contributed by atoms with Crippen LogP contribution in [0.4, 0.5) is 0 Å². The van der Waals surface area contributed by atoms with Crippen LogP contribution >= 0.6 is 0 Å². The van der Waals surface area contributed by atoms with E-state index in [0.29, 0.717) is 23.0 Å². The number of rotatable bonds is 13.